The molecule has 0 radical (unpaired) electrons. The molecule has 0 aromatic rings. The molecule has 8 nitrogen and oxygen atoms in total. The summed E-state index contributed by atoms with van der Waals surface area (Å²) in [5.41, 5.74) is 0. The molecule has 0 aliphatic heterocycles. The molecule has 91 heavy (non-hydrogen) atoms. The van der Waals surface area contributed by atoms with Crippen molar-refractivity contribution < 1.29 is 32.9 Å². The number of aliphatic hydroxyl groups excluding tert-OH is 1. The molecule has 0 aliphatic rings. The summed E-state index contributed by atoms with van der Waals surface area (Å²) in [7, 11) is 1.23. The van der Waals surface area contributed by atoms with Crippen molar-refractivity contribution in [2.75, 3.05) is 40.9 Å². The second kappa shape index (κ2) is 70.4. The van der Waals surface area contributed by atoms with Crippen molar-refractivity contribution in [1.82, 2.24) is 5.32 Å². The highest BCUT2D eigenvalue weighted by molar-refractivity contribution is 7.45. The minimum Gasteiger partial charge on any atom is -0.756 e. The minimum absolute atomic E-state index is 0.0139. The third-order valence-electron chi connectivity index (χ3n) is 16.0. The Morgan fingerprint density at radius 3 is 0.978 bits per heavy atom. The molecule has 0 heterocycles. The molecule has 0 aromatic heterocycles. The van der Waals surface area contributed by atoms with Crippen LogP contribution in [0, 0.1) is 0 Å². The zero-order chi connectivity index (χ0) is 66.2. The molecule has 0 bridgehead atoms. The van der Waals surface area contributed by atoms with Gasteiger partial charge in [0.2, 0.25) is 5.91 Å². The predicted molar refractivity (Wildman–Crippen MR) is 398 cm³/mol. The highest BCUT2D eigenvalue weighted by Gasteiger charge is 2.23. The molecule has 0 rings (SSSR count). The van der Waals surface area contributed by atoms with Crippen LogP contribution in [0.15, 0.2) is 158 Å². The van der Waals surface area contributed by atoms with Crippen LogP contribution in [0.2, 0.25) is 0 Å². The van der Waals surface area contributed by atoms with Crippen LogP contribution in [0.5, 0.6) is 0 Å². The first-order chi connectivity index (χ1) is 44.5. The topological polar surface area (TPSA) is 108 Å². The van der Waals surface area contributed by atoms with Crippen LogP contribution in [0.25, 0.3) is 0 Å². The summed E-state index contributed by atoms with van der Waals surface area (Å²) in [6, 6.07) is -0.914. The van der Waals surface area contributed by atoms with Crippen LogP contribution in [0.1, 0.15) is 303 Å². The van der Waals surface area contributed by atoms with E-state index in [1.807, 2.05) is 27.2 Å². The highest BCUT2D eigenvalue weighted by Crippen LogP contribution is 2.38. The molecule has 1 amide bonds. The Kier molecular flexibility index (Phi) is 67.4. The zero-order valence-electron chi connectivity index (χ0n) is 59.5. The van der Waals surface area contributed by atoms with Gasteiger partial charge >= 0.3 is 0 Å². The number of aliphatic hydroxyl groups is 1. The van der Waals surface area contributed by atoms with Gasteiger partial charge in [0.1, 0.15) is 13.2 Å². The Labute approximate surface area is 562 Å². The smallest absolute Gasteiger partial charge is 0.268 e. The van der Waals surface area contributed by atoms with Gasteiger partial charge in [-0.15, -0.1) is 0 Å². The number of amides is 1. The van der Waals surface area contributed by atoms with E-state index >= 15 is 0 Å². The molecule has 9 heteroatoms. The average Bonchev–Trinajstić information content (AvgIpc) is 3.59. The lowest BCUT2D eigenvalue weighted by Gasteiger charge is -2.29. The molecule has 0 aromatic carbocycles. The van der Waals surface area contributed by atoms with E-state index in [1.165, 1.54) is 154 Å². The fourth-order valence-corrected chi connectivity index (χ4v) is 11.0. The Bertz CT molecular complexity index is 2050. The summed E-state index contributed by atoms with van der Waals surface area (Å²) >= 11 is 0. The van der Waals surface area contributed by atoms with Gasteiger partial charge in [-0.1, -0.05) is 345 Å². The summed E-state index contributed by atoms with van der Waals surface area (Å²) in [5, 5.41) is 14.0. The average molecular weight is 1280 g/mol. The first-order valence-corrected chi connectivity index (χ1v) is 38.8. The number of nitrogens with one attached hydrogen (secondary N) is 1. The second-order valence-corrected chi connectivity index (χ2v) is 27.3. The molecule has 0 fully saturated rings. The third-order valence-corrected chi connectivity index (χ3v) is 17.0. The lowest BCUT2D eigenvalue weighted by atomic mass is 10.0. The summed E-state index contributed by atoms with van der Waals surface area (Å²) in [5.74, 6) is -0.225. The van der Waals surface area contributed by atoms with Gasteiger partial charge in [0.25, 0.3) is 7.82 Å². The van der Waals surface area contributed by atoms with E-state index in [0.717, 1.165) is 128 Å². The van der Waals surface area contributed by atoms with Crippen LogP contribution < -0.4 is 10.2 Å². The first-order valence-electron chi connectivity index (χ1n) is 37.3. The number of unbranched alkanes of at least 4 members (excludes halogenated alkanes) is 30. The molecule has 0 spiro atoms. The van der Waals surface area contributed by atoms with Crippen LogP contribution in [-0.2, 0) is 18.4 Å². The van der Waals surface area contributed by atoms with Gasteiger partial charge in [0.15, 0.2) is 0 Å². The van der Waals surface area contributed by atoms with E-state index in [4.69, 9.17) is 9.05 Å². The predicted octanol–water partition coefficient (Wildman–Crippen LogP) is 23.9. The van der Waals surface area contributed by atoms with Crippen molar-refractivity contribution >= 4 is 13.7 Å². The number of allylic oxidation sites excluding steroid dienone is 25. The molecule has 2 N–H and O–H groups in total. The van der Waals surface area contributed by atoms with Crippen LogP contribution in [0.3, 0.4) is 0 Å². The van der Waals surface area contributed by atoms with Crippen molar-refractivity contribution in [2.24, 2.45) is 0 Å². The van der Waals surface area contributed by atoms with Crippen molar-refractivity contribution in [3.63, 3.8) is 0 Å². The summed E-state index contributed by atoms with van der Waals surface area (Å²) in [6.45, 7) is 4.53. The molecule has 0 saturated heterocycles. The maximum Gasteiger partial charge on any atom is 0.268 e. The van der Waals surface area contributed by atoms with Crippen molar-refractivity contribution in [3.8, 4) is 0 Å². The van der Waals surface area contributed by atoms with E-state index < -0.39 is 26.6 Å². The number of nitrogens with zero attached hydrogens (tertiary/aromatic N) is 1. The van der Waals surface area contributed by atoms with E-state index in [0.29, 0.717) is 17.4 Å². The second-order valence-electron chi connectivity index (χ2n) is 25.9. The number of quaternary nitrogens is 1. The molecule has 3 unspecified atom stereocenters. The molecular formula is C82H141N2O6P. The SMILES string of the molecule is CC/C=C\C/C=C\C/C=C\C/C=C\C/C=C\C/C=C\C/C=C\C/C=C\C/C=C\C/C=C\C/C=C\C/C=C\CCCCCCC(=O)NC(COP(=O)([O-])OCC[N+](C)(C)C)C(O)/C=C/CCCCCCCCCCCCCCCCCCCCCCCCCCCC. The lowest BCUT2D eigenvalue weighted by molar-refractivity contribution is -0.870. The summed E-state index contributed by atoms with van der Waals surface area (Å²) in [4.78, 5) is 25.7. The van der Waals surface area contributed by atoms with E-state index in [1.54, 1.807) is 6.08 Å². The quantitative estimate of drug-likeness (QED) is 0.0272. The highest BCUT2D eigenvalue weighted by atomic mass is 31.2. The normalized spacial score (nSPS) is 14.5. The van der Waals surface area contributed by atoms with Gasteiger partial charge < -0.3 is 28.8 Å². The zero-order valence-corrected chi connectivity index (χ0v) is 60.4. The third kappa shape index (κ3) is 73.4. The number of hydrogen-bond donors (Lipinski definition) is 2. The Balaban J connectivity index is 4.18. The maximum absolute atomic E-state index is 13.0. The number of likely N-dealkylation sites (N-methyl/N-ethyl adjacent to an activating group) is 1. The van der Waals surface area contributed by atoms with Crippen molar-refractivity contribution in [1.29, 1.82) is 0 Å². The number of rotatable bonds is 67. The molecule has 520 valence electrons. The molecule has 0 saturated carbocycles. The van der Waals surface area contributed by atoms with Crippen molar-refractivity contribution in [3.05, 3.63) is 158 Å². The van der Waals surface area contributed by atoms with Gasteiger partial charge in [0.05, 0.1) is 39.9 Å². The fourth-order valence-electron chi connectivity index (χ4n) is 10.3. The van der Waals surface area contributed by atoms with Gasteiger partial charge in [-0.2, -0.15) is 0 Å². The van der Waals surface area contributed by atoms with Crippen LogP contribution in [-0.4, -0.2) is 68.5 Å². The number of phosphoric acid groups is 1. The summed E-state index contributed by atoms with van der Waals surface area (Å²) < 4.78 is 23.5. The summed E-state index contributed by atoms with van der Waals surface area (Å²) in [6.07, 6.45) is 109. The van der Waals surface area contributed by atoms with E-state index in [2.05, 4.69) is 165 Å². The molecule has 3 atom stereocenters. The minimum atomic E-state index is -4.62. The fraction of sp³-hybridized carbons (Fsp3) is 0.671. The molecular weight excluding hydrogens is 1140 g/mol. The van der Waals surface area contributed by atoms with Crippen molar-refractivity contribution in [2.45, 2.75) is 315 Å². The number of carbonyl (C=O) groups is 1. The Morgan fingerprint density at radius 2 is 0.670 bits per heavy atom. The monoisotopic (exact) mass is 1280 g/mol. The number of phosphoric ester groups is 1. The number of hydrogen-bond acceptors (Lipinski definition) is 6. The van der Waals surface area contributed by atoms with E-state index in [9.17, 15) is 19.4 Å². The first kappa shape index (κ1) is 87.1. The van der Waals surface area contributed by atoms with Gasteiger partial charge in [-0.3, -0.25) is 9.36 Å². The Morgan fingerprint density at radius 1 is 0.396 bits per heavy atom. The van der Waals surface area contributed by atoms with Gasteiger partial charge in [-0.05, 0) is 109 Å². The van der Waals surface area contributed by atoms with Crippen LogP contribution >= 0.6 is 7.82 Å². The largest absolute Gasteiger partial charge is 0.756 e. The molecule has 0 aliphatic carbocycles. The van der Waals surface area contributed by atoms with Crippen LogP contribution in [0.4, 0.5) is 0 Å². The maximum atomic E-state index is 13.0. The Hall–Kier alpha value is -3.88. The standard InChI is InChI=1S/C82H141N2O6P/c1-6-8-10-12-14-16-18-20-22-24-26-28-30-32-34-36-37-38-39-40-41-42-43-44-45-46-47-48-50-52-54-56-58-60-62-64-66-68-70-72-74-76-82(86)83-80(79-90-91(87,88)89-78-77-84(3,4)5)81(85)75-73-71-69-67-65-63-61-59-57-55-53-51-49-35-33-31-29-27-25-23-21-19-17-15-13-11-9-7-2/h8,10,14,16,20,22,26,28,32,34,37-38,40-41,43-44,46-47,50,52,56,58,62,64,73,75,80-81,85H,6-7,9,11-13,15,17-19,21,23-25,27,29-31,33,35-36,39,42,45,48-49,51,53-55,57,59-61,63,65-72,74,76-79H2,1-5H3,(H-,83,86,87,88)/b10-8-,16-14-,22-20-,28-26-,34-32-,38-37-,41-40-,44-43-,47-46-,52-50-,58-56-,64-62-,75-73+. The number of carbonyl (C=O) groups excluding carboxylic acids is 1. The van der Waals surface area contributed by atoms with Gasteiger partial charge in [0, 0.05) is 6.42 Å². The van der Waals surface area contributed by atoms with E-state index in [-0.39, 0.29) is 12.5 Å². The van der Waals surface area contributed by atoms with Gasteiger partial charge in [-0.25, -0.2) is 0 Å². The lowest BCUT2D eigenvalue weighted by Crippen LogP contribution is -2.45.